The smallest absolute Gasteiger partial charge is 0.270 e. The molecule has 1 aliphatic carbocycles. The van der Waals surface area contributed by atoms with Crippen LogP contribution in [0.4, 0.5) is 5.69 Å². The number of aromatic amines is 1. The Hall–Kier alpha value is -3.08. The van der Waals surface area contributed by atoms with Crippen LogP contribution >= 0.6 is 0 Å². The third-order valence-corrected chi connectivity index (χ3v) is 5.42. The number of anilines is 1. The Morgan fingerprint density at radius 3 is 2.32 bits per heavy atom. The highest BCUT2D eigenvalue weighted by Gasteiger charge is 2.24. The fraction of sp³-hybridized carbons (Fsp3) is 0.304. The van der Waals surface area contributed by atoms with E-state index in [2.05, 4.69) is 15.6 Å². The number of rotatable bonds is 4. The number of hydrogen-bond donors (Lipinski definition) is 3. The summed E-state index contributed by atoms with van der Waals surface area (Å²) in [6, 6.07) is 13.5. The van der Waals surface area contributed by atoms with Crippen LogP contribution in [0, 0.1) is 13.8 Å². The lowest BCUT2D eigenvalue weighted by Gasteiger charge is -2.13. The molecule has 2 amide bonds. The van der Waals surface area contributed by atoms with Crippen molar-refractivity contribution in [3.05, 3.63) is 64.8 Å². The quantitative estimate of drug-likeness (QED) is 0.618. The number of benzene rings is 2. The van der Waals surface area contributed by atoms with Crippen molar-refractivity contribution >= 4 is 28.4 Å². The second-order valence-electron chi connectivity index (χ2n) is 7.70. The molecule has 3 aromatic rings. The third kappa shape index (κ3) is 3.65. The molecule has 1 aliphatic rings. The van der Waals surface area contributed by atoms with Crippen molar-refractivity contribution in [1.82, 2.24) is 10.3 Å². The van der Waals surface area contributed by atoms with E-state index in [0.29, 0.717) is 16.9 Å². The van der Waals surface area contributed by atoms with E-state index in [1.54, 1.807) is 12.1 Å². The maximum atomic E-state index is 12.9. The summed E-state index contributed by atoms with van der Waals surface area (Å²) >= 11 is 0. The first kappa shape index (κ1) is 18.3. The molecule has 1 aromatic heterocycles. The van der Waals surface area contributed by atoms with Gasteiger partial charge in [0.15, 0.2) is 0 Å². The number of carbonyl (C=O) groups is 2. The molecule has 0 bridgehead atoms. The van der Waals surface area contributed by atoms with E-state index in [1.807, 2.05) is 44.2 Å². The summed E-state index contributed by atoms with van der Waals surface area (Å²) in [5, 5.41) is 6.93. The monoisotopic (exact) mass is 375 g/mol. The Bertz CT molecular complexity index is 1030. The molecule has 4 rings (SSSR count). The van der Waals surface area contributed by atoms with Gasteiger partial charge in [-0.2, -0.15) is 0 Å². The molecule has 0 spiro atoms. The van der Waals surface area contributed by atoms with Gasteiger partial charge in [0.1, 0.15) is 5.69 Å². The predicted octanol–water partition coefficient (Wildman–Crippen LogP) is 4.71. The Morgan fingerprint density at radius 2 is 1.61 bits per heavy atom. The van der Waals surface area contributed by atoms with Gasteiger partial charge in [0, 0.05) is 22.5 Å². The fourth-order valence-electron chi connectivity index (χ4n) is 3.82. The van der Waals surface area contributed by atoms with Gasteiger partial charge in [0.25, 0.3) is 11.8 Å². The summed E-state index contributed by atoms with van der Waals surface area (Å²) in [5.74, 6) is -0.391. The molecule has 5 heteroatoms. The second kappa shape index (κ2) is 7.50. The Kier molecular flexibility index (Phi) is 4.90. The molecule has 0 unspecified atom stereocenters. The van der Waals surface area contributed by atoms with Crippen LogP contribution in [0.5, 0.6) is 0 Å². The largest absolute Gasteiger partial charge is 0.349 e. The van der Waals surface area contributed by atoms with Gasteiger partial charge in [-0.1, -0.05) is 42.2 Å². The van der Waals surface area contributed by atoms with Crippen LogP contribution in [0.2, 0.25) is 0 Å². The Morgan fingerprint density at radius 1 is 0.929 bits per heavy atom. The molecule has 144 valence electrons. The second-order valence-corrected chi connectivity index (χ2v) is 7.70. The molecule has 1 fully saturated rings. The van der Waals surface area contributed by atoms with E-state index in [0.717, 1.165) is 47.7 Å². The average molecular weight is 375 g/mol. The number of aromatic nitrogens is 1. The molecular formula is C23H25N3O2. The number of fused-ring (bicyclic) bond motifs is 1. The lowest BCUT2D eigenvalue weighted by atomic mass is 10.1. The zero-order chi connectivity index (χ0) is 19.7. The highest BCUT2D eigenvalue weighted by Crippen LogP contribution is 2.30. The van der Waals surface area contributed by atoms with Crippen LogP contribution in [0.15, 0.2) is 42.5 Å². The molecule has 28 heavy (non-hydrogen) atoms. The van der Waals surface area contributed by atoms with Crippen molar-refractivity contribution in [2.45, 2.75) is 45.6 Å². The van der Waals surface area contributed by atoms with Crippen LogP contribution < -0.4 is 10.6 Å². The van der Waals surface area contributed by atoms with E-state index in [1.165, 1.54) is 0 Å². The molecule has 1 heterocycles. The maximum Gasteiger partial charge on any atom is 0.270 e. The summed E-state index contributed by atoms with van der Waals surface area (Å²) in [5.41, 5.74) is 4.51. The topological polar surface area (TPSA) is 74.0 Å². The van der Waals surface area contributed by atoms with E-state index in [9.17, 15) is 9.59 Å². The minimum absolute atomic E-state index is 0.167. The zero-order valence-corrected chi connectivity index (χ0v) is 16.3. The molecule has 2 aromatic carbocycles. The minimum Gasteiger partial charge on any atom is -0.349 e. The molecule has 3 N–H and O–H groups in total. The number of H-pyrrole nitrogens is 1. The van der Waals surface area contributed by atoms with Crippen molar-refractivity contribution in [1.29, 1.82) is 0 Å². The van der Waals surface area contributed by atoms with Crippen LogP contribution in [0.3, 0.4) is 0 Å². The van der Waals surface area contributed by atoms with Gasteiger partial charge >= 0.3 is 0 Å². The minimum atomic E-state index is -0.225. The van der Waals surface area contributed by atoms with E-state index < -0.39 is 0 Å². The van der Waals surface area contributed by atoms with Gasteiger partial charge in [-0.05, 0) is 51.0 Å². The molecule has 0 radical (unpaired) electrons. The number of carbonyl (C=O) groups excluding carboxylic acids is 2. The summed E-state index contributed by atoms with van der Waals surface area (Å²) < 4.78 is 0. The fourth-order valence-corrected chi connectivity index (χ4v) is 3.82. The first-order chi connectivity index (χ1) is 13.5. The van der Waals surface area contributed by atoms with Gasteiger partial charge in [-0.15, -0.1) is 0 Å². The van der Waals surface area contributed by atoms with Crippen LogP contribution in [0.25, 0.3) is 10.9 Å². The molecule has 0 aliphatic heterocycles. The predicted molar refractivity (Wildman–Crippen MR) is 112 cm³/mol. The molecule has 0 saturated heterocycles. The van der Waals surface area contributed by atoms with Gasteiger partial charge < -0.3 is 15.6 Å². The van der Waals surface area contributed by atoms with Crippen molar-refractivity contribution in [3.8, 4) is 0 Å². The van der Waals surface area contributed by atoms with Crippen LogP contribution in [-0.4, -0.2) is 22.8 Å². The van der Waals surface area contributed by atoms with E-state index in [-0.39, 0.29) is 17.9 Å². The molecular weight excluding hydrogens is 350 g/mol. The summed E-state index contributed by atoms with van der Waals surface area (Å²) in [7, 11) is 0. The zero-order valence-electron chi connectivity index (χ0n) is 16.3. The number of hydrogen-bond acceptors (Lipinski definition) is 2. The van der Waals surface area contributed by atoms with Crippen molar-refractivity contribution in [2.24, 2.45) is 0 Å². The van der Waals surface area contributed by atoms with Gasteiger partial charge in [-0.3, -0.25) is 9.59 Å². The summed E-state index contributed by atoms with van der Waals surface area (Å²) in [6.45, 7) is 3.98. The Balaban J connectivity index is 1.69. The molecule has 5 nitrogen and oxygen atoms in total. The van der Waals surface area contributed by atoms with Crippen molar-refractivity contribution < 1.29 is 9.59 Å². The molecule has 0 atom stereocenters. The molecule has 1 saturated carbocycles. The van der Waals surface area contributed by atoms with Gasteiger partial charge in [0.05, 0.1) is 5.69 Å². The van der Waals surface area contributed by atoms with Gasteiger partial charge in [-0.25, -0.2) is 0 Å². The number of nitrogens with one attached hydrogen (secondary N) is 3. The standard InChI is InChI=1S/C23H25N3O2/c1-14-7-10-16(11-8-14)22(27)26-20-18-13-15(2)9-12-19(18)25-21(20)23(28)24-17-5-3-4-6-17/h7-13,17,25H,3-6H2,1-2H3,(H,24,28)(H,26,27). The number of aryl methyl sites for hydroxylation is 2. The van der Waals surface area contributed by atoms with Crippen LogP contribution in [0.1, 0.15) is 57.7 Å². The average Bonchev–Trinajstić information content (AvgIpc) is 3.30. The lowest BCUT2D eigenvalue weighted by Crippen LogP contribution is -2.33. The maximum absolute atomic E-state index is 12.9. The normalized spacial score (nSPS) is 14.4. The van der Waals surface area contributed by atoms with Gasteiger partial charge in [0.2, 0.25) is 0 Å². The van der Waals surface area contributed by atoms with E-state index >= 15 is 0 Å². The third-order valence-electron chi connectivity index (χ3n) is 5.42. The highest BCUT2D eigenvalue weighted by molar-refractivity contribution is 6.15. The Labute approximate surface area is 164 Å². The summed E-state index contributed by atoms with van der Waals surface area (Å²) in [4.78, 5) is 29.0. The SMILES string of the molecule is Cc1ccc(C(=O)Nc2c(C(=O)NC3CCCC3)[nH]c3ccc(C)cc23)cc1. The lowest BCUT2D eigenvalue weighted by molar-refractivity contribution is 0.0934. The first-order valence-corrected chi connectivity index (χ1v) is 9.82. The summed E-state index contributed by atoms with van der Waals surface area (Å²) in [6.07, 6.45) is 4.31. The van der Waals surface area contributed by atoms with Crippen molar-refractivity contribution in [2.75, 3.05) is 5.32 Å². The van der Waals surface area contributed by atoms with Crippen LogP contribution in [-0.2, 0) is 0 Å². The number of amides is 2. The first-order valence-electron chi connectivity index (χ1n) is 9.82. The highest BCUT2D eigenvalue weighted by atomic mass is 16.2. The van der Waals surface area contributed by atoms with E-state index in [4.69, 9.17) is 0 Å². The van der Waals surface area contributed by atoms with Crippen molar-refractivity contribution in [3.63, 3.8) is 0 Å².